The minimum Gasteiger partial charge on any atom is -0.302 e. The van der Waals surface area contributed by atoms with E-state index in [9.17, 15) is 9.18 Å². The molecule has 0 atom stereocenters. The van der Waals surface area contributed by atoms with Crippen LogP contribution in [-0.2, 0) is 25.8 Å². The molecule has 1 aliphatic heterocycles. The first-order valence-corrected chi connectivity index (χ1v) is 9.38. The molecule has 132 valence electrons. The third kappa shape index (κ3) is 1.87. The number of benzene rings is 1. The number of fused-ring (bicyclic) bond motifs is 4. The average Bonchev–Trinajstić information content (AvgIpc) is 2.99. The molecule has 3 nitrogen and oxygen atoms in total. The Balaban J connectivity index is 1.89. The SMILES string of the molecule is CCc1c(C)cc2n(c1=O)Cc1c-2nc2cc(F)c(C)c3c2c1CCC3. The van der Waals surface area contributed by atoms with Crippen molar-refractivity contribution in [1.29, 1.82) is 0 Å². The average molecular weight is 348 g/mol. The molecular formula is C22H21FN2O. The van der Waals surface area contributed by atoms with Gasteiger partial charge in [0, 0.05) is 22.6 Å². The second-order valence-electron chi connectivity index (χ2n) is 7.56. The van der Waals surface area contributed by atoms with E-state index < -0.39 is 0 Å². The fourth-order valence-corrected chi connectivity index (χ4v) is 4.86. The number of pyridine rings is 2. The van der Waals surface area contributed by atoms with Gasteiger partial charge in [-0.25, -0.2) is 9.37 Å². The Morgan fingerprint density at radius 3 is 2.69 bits per heavy atom. The summed E-state index contributed by atoms with van der Waals surface area (Å²) >= 11 is 0. The van der Waals surface area contributed by atoms with Crippen LogP contribution in [0.5, 0.6) is 0 Å². The molecular weight excluding hydrogens is 327 g/mol. The molecule has 3 aromatic rings. The Morgan fingerprint density at radius 2 is 1.92 bits per heavy atom. The van der Waals surface area contributed by atoms with Crippen molar-refractivity contribution >= 4 is 10.9 Å². The summed E-state index contributed by atoms with van der Waals surface area (Å²) in [4.78, 5) is 17.8. The molecule has 2 aliphatic rings. The van der Waals surface area contributed by atoms with Gasteiger partial charge >= 0.3 is 0 Å². The predicted molar refractivity (Wildman–Crippen MR) is 101 cm³/mol. The van der Waals surface area contributed by atoms with Crippen molar-refractivity contribution < 1.29 is 4.39 Å². The van der Waals surface area contributed by atoms with Gasteiger partial charge in [-0.1, -0.05) is 6.92 Å². The van der Waals surface area contributed by atoms with Gasteiger partial charge in [0.1, 0.15) is 5.82 Å². The molecule has 0 bridgehead atoms. The number of nitrogens with zero attached hydrogens (tertiary/aromatic N) is 2. The van der Waals surface area contributed by atoms with Crippen molar-refractivity contribution in [2.24, 2.45) is 0 Å². The molecule has 0 amide bonds. The maximum absolute atomic E-state index is 14.4. The number of hydrogen-bond acceptors (Lipinski definition) is 2. The number of aromatic nitrogens is 2. The monoisotopic (exact) mass is 348 g/mol. The highest BCUT2D eigenvalue weighted by Gasteiger charge is 2.29. The van der Waals surface area contributed by atoms with E-state index in [4.69, 9.17) is 4.98 Å². The summed E-state index contributed by atoms with van der Waals surface area (Å²) in [5.41, 5.74) is 8.75. The van der Waals surface area contributed by atoms with Gasteiger partial charge in [-0.2, -0.15) is 0 Å². The molecule has 3 heterocycles. The van der Waals surface area contributed by atoms with Crippen molar-refractivity contribution in [3.05, 3.63) is 61.7 Å². The zero-order chi connectivity index (χ0) is 18.2. The molecule has 0 saturated heterocycles. The lowest BCUT2D eigenvalue weighted by atomic mass is 9.85. The molecule has 0 N–H and O–H groups in total. The van der Waals surface area contributed by atoms with Crippen molar-refractivity contribution in [2.45, 2.75) is 53.0 Å². The molecule has 0 fully saturated rings. The van der Waals surface area contributed by atoms with E-state index in [0.29, 0.717) is 6.54 Å². The van der Waals surface area contributed by atoms with E-state index in [1.165, 1.54) is 5.56 Å². The number of halogens is 1. The van der Waals surface area contributed by atoms with Crippen LogP contribution in [0.2, 0.25) is 0 Å². The van der Waals surface area contributed by atoms with Crippen LogP contribution in [0.25, 0.3) is 22.3 Å². The Bertz CT molecular complexity index is 1170. The largest absolute Gasteiger partial charge is 0.302 e. The second kappa shape index (κ2) is 5.26. The molecule has 0 radical (unpaired) electrons. The van der Waals surface area contributed by atoms with Gasteiger partial charge in [-0.3, -0.25) is 4.79 Å². The maximum atomic E-state index is 14.4. The Kier molecular flexibility index (Phi) is 3.18. The summed E-state index contributed by atoms with van der Waals surface area (Å²) in [5.74, 6) is -0.180. The summed E-state index contributed by atoms with van der Waals surface area (Å²) in [6.45, 7) is 6.46. The predicted octanol–water partition coefficient (Wildman–Crippen LogP) is 4.23. The van der Waals surface area contributed by atoms with Gasteiger partial charge in [0.15, 0.2) is 0 Å². The molecule has 1 aliphatic carbocycles. The van der Waals surface area contributed by atoms with Gasteiger partial charge < -0.3 is 4.57 Å². The fourth-order valence-electron chi connectivity index (χ4n) is 4.86. The van der Waals surface area contributed by atoms with E-state index in [1.807, 2.05) is 25.3 Å². The summed E-state index contributed by atoms with van der Waals surface area (Å²) in [5, 5.41) is 1.13. The molecule has 0 spiro atoms. The first-order valence-electron chi connectivity index (χ1n) is 9.38. The third-order valence-corrected chi connectivity index (χ3v) is 6.21. The van der Waals surface area contributed by atoms with Gasteiger partial charge in [0.05, 0.1) is 23.4 Å². The second-order valence-corrected chi connectivity index (χ2v) is 7.56. The van der Waals surface area contributed by atoms with Gasteiger partial charge in [-0.05, 0) is 67.9 Å². The van der Waals surface area contributed by atoms with Crippen LogP contribution in [0, 0.1) is 19.7 Å². The first-order chi connectivity index (χ1) is 12.5. The van der Waals surface area contributed by atoms with E-state index in [1.54, 1.807) is 6.07 Å². The minimum absolute atomic E-state index is 0.0927. The van der Waals surface area contributed by atoms with Crippen molar-refractivity contribution in [3.8, 4) is 11.4 Å². The molecule has 0 unspecified atom stereocenters. The Hall–Kier alpha value is -2.49. The van der Waals surface area contributed by atoms with Crippen LogP contribution in [-0.4, -0.2) is 9.55 Å². The summed E-state index contributed by atoms with van der Waals surface area (Å²) < 4.78 is 16.3. The standard InChI is InChI=1S/C22H21FN2O/c1-4-13-11(2)8-19-21-16(10-25(19)22(13)26)15-7-5-6-14-12(3)17(23)9-18(24-21)20(14)15/h8-9H,4-7,10H2,1-3H3. The first kappa shape index (κ1) is 15.7. The number of aryl methyl sites for hydroxylation is 3. The van der Waals surface area contributed by atoms with E-state index in [0.717, 1.165) is 75.8 Å². The lowest BCUT2D eigenvalue weighted by Crippen LogP contribution is -2.23. The van der Waals surface area contributed by atoms with Gasteiger partial charge in [-0.15, -0.1) is 0 Å². The number of rotatable bonds is 1. The van der Waals surface area contributed by atoms with Crippen LogP contribution in [0.4, 0.5) is 4.39 Å². The summed E-state index contributed by atoms with van der Waals surface area (Å²) in [7, 11) is 0. The normalized spacial score (nSPS) is 14.6. The summed E-state index contributed by atoms with van der Waals surface area (Å²) in [6, 6.07) is 3.64. The van der Waals surface area contributed by atoms with E-state index in [-0.39, 0.29) is 11.4 Å². The number of hydrogen-bond donors (Lipinski definition) is 0. The van der Waals surface area contributed by atoms with Crippen molar-refractivity contribution in [1.82, 2.24) is 9.55 Å². The van der Waals surface area contributed by atoms with Crippen molar-refractivity contribution in [2.75, 3.05) is 0 Å². The molecule has 26 heavy (non-hydrogen) atoms. The topological polar surface area (TPSA) is 34.9 Å². The van der Waals surface area contributed by atoms with E-state index >= 15 is 0 Å². The van der Waals surface area contributed by atoms with Gasteiger partial charge in [0.2, 0.25) is 0 Å². The van der Waals surface area contributed by atoms with Crippen LogP contribution in [0.3, 0.4) is 0 Å². The van der Waals surface area contributed by atoms with E-state index in [2.05, 4.69) is 6.07 Å². The molecule has 5 rings (SSSR count). The summed E-state index contributed by atoms with van der Waals surface area (Å²) in [6.07, 6.45) is 3.63. The smallest absolute Gasteiger partial charge is 0.254 e. The third-order valence-electron chi connectivity index (χ3n) is 6.21. The molecule has 2 aromatic heterocycles. The van der Waals surface area contributed by atoms with Crippen LogP contribution >= 0.6 is 0 Å². The van der Waals surface area contributed by atoms with Gasteiger partial charge in [0.25, 0.3) is 5.56 Å². The molecule has 4 heteroatoms. The quantitative estimate of drug-likeness (QED) is 0.516. The zero-order valence-corrected chi connectivity index (χ0v) is 15.4. The Morgan fingerprint density at radius 1 is 1.15 bits per heavy atom. The Labute approximate surface area is 151 Å². The zero-order valence-electron chi connectivity index (χ0n) is 15.4. The lowest BCUT2D eigenvalue weighted by molar-refractivity contribution is 0.615. The fraction of sp³-hybridized carbons (Fsp3) is 0.364. The highest BCUT2D eigenvalue weighted by molar-refractivity contribution is 5.92. The minimum atomic E-state index is -0.180. The molecule has 1 aromatic carbocycles. The lowest BCUT2D eigenvalue weighted by Gasteiger charge is -2.21. The molecule has 0 saturated carbocycles. The van der Waals surface area contributed by atoms with Crippen LogP contribution in [0.15, 0.2) is 16.9 Å². The van der Waals surface area contributed by atoms with Crippen molar-refractivity contribution in [3.63, 3.8) is 0 Å². The van der Waals surface area contributed by atoms with Crippen LogP contribution < -0.4 is 5.56 Å². The highest BCUT2D eigenvalue weighted by atomic mass is 19.1. The van der Waals surface area contributed by atoms with Crippen LogP contribution in [0.1, 0.15) is 46.7 Å². The maximum Gasteiger partial charge on any atom is 0.254 e. The highest BCUT2D eigenvalue weighted by Crippen LogP contribution is 2.41.